The van der Waals surface area contributed by atoms with E-state index in [1.165, 1.54) is 10.9 Å². The number of nitrogens with zero attached hydrogens (tertiary/aromatic N) is 2. The largest absolute Gasteiger partial charge is 0.313 e. The van der Waals surface area contributed by atoms with Gasteiger partial charge in [0.2, 0.25) is 0 Å². The molecule has 1 unspecified atom stereocenters. The van der Waals surface area contributed by atoms with Crippen LogP contribution in [0.2, 0.25) is 0 Å². The monoisotopic (exact) mass is 203 g/mol. The number of para-hydroxylation sites is 1. The van der Waals surface area contributed by atoms with Gasteiger partial charge in [0.25, 0.3) is 0 Å². The van der Waals surface area contributed by atoms with Gasteiger partial charge in [-0.1, -0.05) is 25.1 Å². The molecule has 3 nitrogen and oxygen atoms in total. The molecule has 2 aromatic rings. The topological polar surface area (TPSA) is 29.9 Å². The highest BCUT2D eigenvalue weighted by molar-refractivity contribution is 5.78. The molecule has 0 spiro atoms. The summed E-state index contributed by atoms with van der Waals surface area (Å²) in [7, 11) is 0. The average molecular weight is 203 g/mol. The van der Waals surface area contributed by atoms with Crippen LogP contribution in [-0.4, -0.2) is 22.4 Å². The summed E-state index contributed by atoms with van der Waals surface area (Å²) in [4.78, 5) is 0. The van der Waals surface area contributed by atoms with Crippen molar-refractivity contribution < 1.29 is 0 Å². The molecule has 0 radical (unpaired) electrons. The molecule has 0 aliphatic heterocycles. The van der Waals surface area contributed by atoms with Gasteiger partial charge in [-0.15, -0.1) is 0 Å². The maximum Gasteiger partial charge on any atom is 0.0683 e. The molecule has 0 fully saturated rings. The standard InChI is InChI=1S/C12H17N3/c1-3-13-10(2)9-15-12-7-5-4-6-11(12)8-14-15/h4-8,10,13H,3,9H2,1-2H3. The van der Waals surface area contributed by atoms with Crippen molar-refractivity contribution in [3.8, 4) is 0 Å². The van der Waals surface area contributed by atoms with Crippen LogP contribution < -0.4 is 5.32 Å². The van der Waals surface area contributed by atoms with Crippen molar-refractivity contribution in [3.63, 3.8) is 0 Å². The first-order valence-corrected chi connectivity index (χ1v) is 5.45. The molecule has 1 atom stereocenters. The van der Waals surface area contributed by atoms with Gasteiger partial charge in [0.05, 0.1) is 18.3 Å². The number of likely N-dealkylation sites (N-methyl/N-ethyl adjacent to an activating group) is 1. The van der Waals surface area contributed by atoms with Crippen LogP contribution in [0, 0.1) is 0 Å². The lowest BCUT2D eigenvalue weighted by atomic mass is 10.2. The fourth-order valence-electron chi connectivity index (χ4n) is 1.84. The Balaban J connectivity index is 2.21. The maximum atomic E-state index is 4.39. The summed E-state index contributed by atoms with van der Waals surface area (Å²) in [6.07, 6.45) is 1.92. The lowest BCUT2D eigenvalue weighted by Crippen LogP contribution is -2.30. The first-order valence-electron chi connectivity index (χ1n) is 5.45. The molecular weight excluding hydrogens is 186 g/mol. The quantitative estimate of drug-likeness (QED) is 0.824. The number of aromatic nitrogens is 2. The third-order valence-corrected chi connectivity index (χ3v) is 2.55. The summed E-state index contributed by atoms with van der Waals surface area (Å²) < 4.78 is 2.06. The van der Waals surface area contributed by atoms with Crippen LogP contribution in [0.1, 0.15) is 13.8 Å². The normalized spacial score (nSPS) is 13.2. The van der Waals surface area contributed by atoms with E-state index in [9.17, 15) is 0 Å². The fraction of sp³-hybridized carbons (Fsp3) is 0.417. The van der Waals surface area contributed by atoms with Gasteiger partial charge in [-0.2, -0.15) is 5.10 Å². The minimum atomic E-state index is 0.457. The van der Waals surface area contributed by atoms with Crippen LogP contribution >= 0.6 is 0 Å². The molecule has 15 heavy (non-hydrogen) atoms. The Kier molecular flexibility index (Phi) is 3.02. The zero-order valence-electron chi connectivity index (χ0n) is 9.27. The third kappa shape index (κ3) is 2.18. The predicted molar refractivity (Wildman–Crippen MR) is 62.9 cm³/mol. The lowest BCUT2D eigenvalue weighted by molar-refractivity contribution is 0.470. The first kappa shape index (κ1) is 10.2. The van der Waals surface area contributed by atoms with E-state index >= 15 is 0 Å². The highest BCUT2D eigenvalue weighted by Crippen LogP contribution is 2.12. The molecule has 0 saturated carbocycles. The fourth-order valence-corrected chi connectivity index (χ4v) is 1.84. The first-order chi connectivity index (χ1) is 7.31. The Hall–Kier alpha value is -1.35. The summed E-state index contributed by atoms with van der Waals surface area (Å²) in [6, 6.07) is 8.76. The van der Waals surface area contributed by atoms with E-state index in [0.29, 0.717) is 6.04 Å². The molecule has 0 bridgehead atoms. The van der Waals surface area contributed by atoms with Gasteiger partial charge in [0.1, 0.15) is 0 Å². The van der Waals surface area contributed by atoms with E-state index in [2.05, 4.69) is 47.1 Å². The number of nitrogens with one attached hydrogen (secondary N) is 1. The van der Waals surface area contributed by atoms with Crippen LogP contribution in [-0.2, 0) is 6.54 Å². The SMILES string of the molecule is CCNC(C)Cn1ncc2ccccc21. The van der Waals surface area contributed by atoms with Crippen LogP contribution in [0.25, 0.3) is 10.9 Å². The van der Waals surface area contributed by atoms with E-state index in [0.717, 1.165) is 13.1 Å². The van der Waals surface area contributed by atoms with Crippen LogP contribution in [0.15, 0.2) is 30.5 Å². The second kappa shape index (κ2) is 4.45. The number of rotatable bonds is 4. The minimum Gasteiger partial charge on any atom is -0.313 e. The van der Waals surface area contributed by atoms with Crippen LogP contribution in [0.5, 0.6) is 0 Å². The Morgan fingerprint density at radius 2 is 2.20 bits per heavy atom. The van der Waals surface area contributed by atoms with Gasteiger partial charge in [0.15, 0.2) is 0 Å². The Labute approximate surface area is 90.1 Å². The van der Waals surface area contributed by atoms with Gasteiger partial charge in [-0.25, -0.2) is 0 Å². The molecule has 1 N–H and O–H groups in total. The van der Waals surface area contributed by atoms with Crippen molar-refractivity contribution in [1.29, 1.82) is 0 Å². The second-order valence-corrected chi connectivity index (χ2v) is 3.84. The van der Waals surface area contributed by atoms with E-state index in [4.69, 9.17) is 0 Å². The molecule has 1 heterocycles. The summed E-state index contributed by atoms with van der Waals surface area (Å²) in [5.41, 5.74) is 1.21. The minimum absolute atomic E-state index is 0.457. The van der Waals surface area contributed by atoms with E-state index in [1.54, 1.807) is 0 Å². The van der Waals surface area contributed by atoms with Crippen LogP contribution in [0.4, 0.5) is 0 Å². The molecule has 1 aromatic heterocycles. The molecule has 0 saturated heterocycles. The number of fused-ring (bicyclic) bond motifs is 1. The molecule has 0 aliphatic rings. The molecule has 80 valence electrons. The van der Waals surface area contributed by atoms with E-state index in [1.807, 2.05) is 12.3 Å². The van der Waals surface area contributed by atoms with E-state index < -0.39 is 0 Å². The molecule has 0 amide bonds. The van der Waals surface area contributed by atoms with Gasteiger partial charge in [-0.3, -0.25) is 4.68 Å². The van der Waals surface area contributed by atoms with Gasteiger partial charge >= 0.3 is 0 Å². The molecular formula is C12H17N3. The van der Waals surface area contributed by atoms with Crippen molar-refractivity contribution in [2.45, 2.75) is 26.4 Å². The van der Waals surface area contributed by atoms with Gasteiger partial charge < -0.3 is 5.32 Å². The van der Waals surface area contributed by atoms with Gasteiger partial charge in [0, 0.05) is 11.4 Å². The maximum absolute atomic E-state index is 4.39. The average Bonchev–Trinajstić information content (AvgIpc) is 2.62. The molecule has 0 aliphatic carbocycles. The highest BCUT2D eigenvalue weighted by atomic mass is 15.3. The Morgan fingerprint density at radius 3 is 3.00 bits per heavy atom. The van der Waals surface area contributed by atoms with Crippen molar-refractivity contribution in [1.82, 2.24) is 15.1 Å². The number of hydrogen-bond acceptors (Lipinski definition) is 2. The summed E-state index contributed by atoms with van der Waals surface area (Å²) >= 11 is 0. The van der Waals surface area contributed by atoms with Gasteiger partial charge in [-0.05, 0) is 19.5 Å². The predicted octanol–water partition coefficient (Wildman–Crippen LogP) is 2.03. The zero-order chi connectivity index (χ0) is 10.7. The smallest absolute Gasteiger partial charge is 0.0683 e. The number of hydrogen-bond donors (Lipinski definition) is 1. The molecule has 1 aromatic carbocycles. The highest BCUT2D eigenvalue weighted by Gasteiger charge is 2.05. The van der Waals surface area contributed by atoms with Crippen LogP contribution in [0.3, 0.4) is 0 Å². The second-order valence-electron chi connectivity index (χ2n) is 3.84. The molecule has 3 heteroatoms. The van der Waals surface area contributed by atoms with Crippen molar-refractivity contribution in [3.05, 3.63) is 30.5 Å². The number of benzene rings is 1. The summed E-state index contributed by atoms with van der Waals surface area (Å²) in [5, 5.41) is 8.99. The Bertz CT molecular complexity index is 433. The lowest BCUT2D eigenvalue weighted by Gasteiger charge is -2.12. The van der Waals surface area contributed by atoms with E-state index in [-0.39, 0.29) is 0 Å². The summed E-state index contributed by atoms with van der Waals surface area (Å²) in [6.45, 7) is 6.22. The van der Waals surface area contributed by atoms with Crippen molar-refractivity contribution >= 4 is 10.9 Å². The van der Waals surface area contributed by atoms with Crippen molar-refractivity contribution in [2.24, 2.45) is 0 Å². The van der Waals surface area contributed by atoms with Crippen molar-refractivity contribution in [2.75, 3.05) is 6.54 Å². The third-order valence-electron chi connectivity index (χ3n) is 2.55. The molecule has 2 rings (SSSR count). The summed E-state index contributed by atoms with van der Waals surface area (Å²) in [5.74, 6) is 0. The zero-order valence-corrected chi connectivity index (χ0v) is 9.27. The Morgan fingerprint density at radius 1 is 1.40 bits per heavy atom.